The zero-order valence-electron chi connectivity index (χ0n) is 22.2. The van der Waals surface area contributed by atoms with E-state index in [1.165, 1.54) is 6.07 Å². The molecule has 0 spiro atoms. The van der Waals surface area contributed by atoms with Crippen LogP contribution >= 0.6 is 0 Å². The van der Waals surface area contributed by atoms with Gasteiger partial charge in [0.15, 0.2) is 17.7 Å². The number of nitrogens with zero attached hydrogens (tertiary/aromatic N) is 3. The van der Waals surface area contributed by atoms with Crippen LogP contribution in [-0.4, -0.2) is 18.9 Å². The Morgan fingerprint density at radius 2 is 2.00 bits per heavy atom. The number of benzene rings is 1. The summed E-state index contributed by atoms with van der Waals surface area (Å²) in [5, 5.41) is 0.738. The Bertz CT molecular complexity index is 1460. The largest absolute Gasteiger partial charge is 0.423 e. The Morgan fingerprint density at radius 1 is 1.14 bits per heavy atom. The molecule has 1 aromatic carbocycles. The van der Waals surface area contributed by atoms with E-state index in [9.17, 15) is 0 Å². The van der Waals surface area contributed by atoms with Gasteiger partial charge in [0.25, 0.3) is 0 Å². The van der Waals surface area contributed by atoms with Crippen LogP contribution < -0.4 is 15.0 Å². The van der Waals surface area contributed by atoms with E-state index in [4.69, 9.17) is 12.6 Å². The lowest BCUT2D eigenvalue weighted by Crippen LogP contribution is -2.60. The maximum Gasteiger partial charge on any atom is 0.398 e. The van der Waals surface area contributed by atoms with Gasteiger partial charge < -0.3 is 9.23 Å². The van der Waals surface area contributed by atoms with Crippen LogP contribution in [0.15, 0.2) is 65.1 Å². The number of aryl methyl sites for hydroxylation is 3. The first-order valence-electron chi connectivity index (χ1n) is 12.4. The maximum absolute atomic E-state index is 8.07. The Kier molecular flexibility index (Phi) is 2.80. The zero-order chi connectivity index (χ0) is 25.1. The lowest BCUT2D eigenvalue weighted by Gasteiger charge is -2.25. The van der Waals surface area contributed by atoms with Gasteiger partial charge in [-0.3, -0.25) is 0 Å². The van der Waals surface area contributed by atoms with Crippen LogP contribution in [0.5, 0.6) is 0 Å². The van der Waals surface area contributed by atoms with E-state index in [2.05, 4.69) is 4.98 Å². The minimum absolute atomic E-state index is 0.0153. The summed E-state index contributed by atoms with van der Waals surface area (Å²) in [6.07, 6.45) is 3.62. The van der Waals surface area contributed by atoms with Gasteiger partial charge >= 0.3 is 6.85 Å². The van der Waals surface area contributed by atoms with Crippen LogP contribution in [0.1, 0.15) is 25.0 Å². The number of hydrogen-bond donors (Lipinski definition) is 0. The van der Waals surface area contributed by atoms with Crippen LogP contribution in [-0.2, 0) is 7.05 Å². The van der Waals surface area contributed by atoms with Gasteiger partial charge in [0, 0.05) is 36.5 Å². The van der Waals surface area contributed by atoms with Gasteiger partial charge in [0.2, 0.25) is 5.71 Å². The SMILES string of the molecule is [2H]C([2H])([2H])c1ccc2c3c(oc2n1)N(C)B(c1cc(-c2ccccc2)c(C([2H])([2H])[2H])c[n+]1C)C=C3. The molecule has 142 valence electrons. The van der Waals surface area contributed by atoms with Crippen molar-refractivity contribution in [2.75, 3.05) is 11.9 Å². The second-order valence-corrected chi connectivity index (χ2v) is 7.29. The highest BCUT2D eigenvalue weighted by atomic mass is 16.4. The summed E-state index contributed by atoms with van der Waals surface area (Å²) in [6.45, 7) is -4.84. The van der Waals surface area contributed by atoms with Gasteiger partial charge in [-0.05, 0) is 44.0 Å². The molecule has 5 rings (SSSR count). The van der Waals surface area contributed by atoms with E-state index in [1.807, 2.05) is 71.9 Å². The standard InChI is InChI=1S/C24H23BN3O/c1-16-15-27(3)22(14-21(16)18-8-6-5-7-9-18)25-13-12-20-19-11-10-17(2)26-23(19)29-24(20)28(25)4/h5-15H,1-4H3/q+1/i1D3,2D3. The van der Waals surface area contributed by atoms with Crippen molar-refractivity contribution in [1.29, 1.82) is 0 Å². The highest BCUT2D eigenvalue weighted by Crippen LogP contribution is 2.35. The van der Waals surface area contributed by atoms with Gasteiger partial charge in [0.1, 0.15) is 7.05 Å². The summed E-state index contributed by atoms with van der Waals surface area (Å²) in [6, 6.07) is 14.6. The highest BCUT2D eigenvalue weighted by Gasteiger charge is 2.35. The van der Waals surface area contributed by atoms with E-state index in [1.54, 1.807) is 12.3 Å². The maximum atomic E-state index is 8.07. The molecule has 0 radical (unpaired) electrons. The fraction of sp³-hybridized carbons (Fsp3) is 0.167. The van der Waals surface area contributed by atoms with Gasteiger partial charge in [0.05, 0.1) is 0 Å². The second-order valence-electron chi connectivity index (χ2n) is 7.29. The van der Waals surface area contributed by atoms with E-state index < -0.39 is 13.7 Å². The number of fused-ring (bicyclic) bond motifs is 3. The molecule has 0 bridgehead atoms. The first-order valence-corrected chi connectivity index (χ1v) is 9.39. The van der Waals surface area contributed by atoms with Crippen molar-refractivity contribution in [3.63, 3.8) is 0 Å². The van der Waals surface area contributed by atoms with Crippen molar-refractivity contribution in [2.45, 2.75) is 13.7 Å². The summed E-state index contributed by atoms with van der Waals surface area (Å²) in [7, 11) is 3.72. The smallest absolute Gasteiger partial charge is 0.398 e. The van der Waals surface area contributed by atoms with Crippen LogP contribution in [0.25, 0.3) is 28.3 Å². The second kappa shape index (κ2) is 6.62. The van der Waals surface area contributed by atoms with Crippen molar-refractivity contribution in [3.05, 3.63) is 77.5 Å². The molecule has 0 amide bonds. The normalized spacial score (nSPS) is 17.2. The number of rotatable bonds is 2. The molecular weight excluding hydrogens is 357 g/mol. The summed E-state index contributed by atoms with van der Waals surface area (Å²) >= 11 is 0. The molecule has 4 heterocycles. The van der Waals surface area contributed by atoms with Gasteiger partial charge in [-0.2, -0.15) is 0 Å². The molecule has 1 aliphatic rings. The van der Waals surface area contributed by atoms with Crippen LogP contribution in [0, 0.1) is 13.7 Å². The molecule has 29 heavy (non-hydrogen) atoms. The van der Waals surface area contributed by atoms with Gasteiger partial charge in [-0.1, -0.05) is 42.4 Å². The average Bonchev–Trinajstić information content (AvgIpc) is 3.18. The highest BCUT2D eigenvalue weighted by molar-refractivity contribution is 6.80. The predicted octanol–water partition coefficient (Wildman–Crippen LogP) is 3.84. The van der Waals surface area contributed by atoms with E-state index >= 15 is 0 Å². The molecule has 0 fully saturated rings. The van der Waals surface area contributed by atoms with E-state index in [-0.39, 0.29) is 23.8 Å². The molecule has 5 heteroatoms. The van der Waals surface area contributed by atoms with E-state index in [0.29, 0.717) is 11.4 Å². The zero-order valence-corrected chi connectivity index (χ0v) is 16.2. The van der Waals surface area contributed by atoms with E-state index in [0.717, 1.165) is 22.1 Å². The molecule has 0 saturated heterocycles. The lowest BCUT2D eigenvalue weighted by atomic mass is 9.55. The topological polar surface area (TPSA) is 33.2 Å². The Morgan fingerprint density at radius 3 is 2.79 bits per heavy atom. The van der Waals surface area contributed by atoms with Crippen molar-refractivity contribution < 1.29 is 17.2 Å². The summed E-state index contributed by atoms with van der Waals surface area (Å²) in [5.74, 6) is 2.59. The third-order valence-corrected chi connectivity index (χ3v) is 5.46. The summed E-state index contributed by atoms with van der Waals surface area (Å²) < 4.78 is 55.0. The molecule has 0 saturated carbocycles. The Labute approximate surface area is 179 Å². The van der Waals surface area contributed by atoms with Gasteiger partial charge in [-0.25, -0.2) is 9.55 Å². The fourth-order valence-corrected chi connectivity index (χ4v) is 3.96. The number of anilines is 1. The monoisotopic (exact) mass is 386 g/mol. The number of furan rings is 1. The number of pyridine rings is 2. The number of aromatic nitrogens is 2. The molecule has 1 aliphatic heterocycles. The minimum Gasteiger partial charge on any atom is -0.423 e. The minimum atomic E-state index is -2.32. The van der Waals surface area contributed by atoms with Gasteiger partial charge in [-0.15, -0.1) is 0 Å². The predicted molar refractivity (Wildman–Crippen MR) is 119 cm³/mol. The molecular formula is C24H23BN3O+. The van der Waals surface area contributed by atoms with Crippen molar-refractivity contribution in [3.8, 4) is 11.1 Å². The molecule has 0 atom stereocenters. The quantitative estimate of drug-likeness (QED) is 0.388. The summed E-state index contributed by atoms with van der Waals surface area (Å²) in [4.78, 5) is 6.19. The van der Waals surface area contributed by atoms with Crippen molar-refractivity contribution >= 4 is 35.5 Å². The average molecular weight is 386 g/mol. The molecule has 4 nitrogen and oxygen atoms in total. The fourth-order valence-electron chi connectivity index (χ4n) is 3.96. The lowest BCUT2D eigenvalue weighted by molar-refractivity contribution is -0.654. The third kappa shape index (κ3) is 2.85. The molecule has 0 unspecified atom stereocenters. The van der Waals surface area contributed by atoms with Crippen molar-refractivity contribution in [1.82, 2.24) is 4.98 Å². The molecule has 4 aromatic rings. The Balaban J connectivity index is 1.62. The Hall–Kier alpha value is -3.34. The summed E-state index contributed by atoms with van der Waals surface area (Å²) in [5.41, 5.74) is 3.72. The first-order chi connectivity index (χ1) is 16.4. The molecule has 0 N–H and O–H groups in total. The van der Waals surface area contributed by atoms with Crippen LogP contribution in [0.4, 0.5) is 5.88 Å². The van der Waals surface area contributed by atoms with Crippen LogP contribution in [0.2, 0.25) is 0 Å². The van der Waals surface area contributed by atoms with Crippen LogP contribution in [0.3, 0.4) is 0 Å². The molecule has 0 aliphatic carbocycles. The van der Waals surface area contributed by atoms with Crippen molar-refractivity contribution in [2.24, 2.45) is 7.05 Å². The number of hydrogen-bond acceptors (Lipinski definition) is 3. The molecule has 3 aromatic heterocycles. The first kappa shape index (κ1) is 12.3. The third-order valence-electron chi connectivity index (χ3n) is 5.46.